The summed E-state index contributed by atoms with van der Waals surface area (Å²) in [6.45, 7) is 6.14. The first kappa shape index (κ1) is 8.61. The molecule has 0 saturated heterocycles. The highest BCUT2D eigenvalue weighted by Gasteiger charge is 2.00. The lowest BCUT2D eigenvalue weighted by atomic mass is 9.99. The first-order chi connectivity index (χ1) is 5.24. The Morgan fingerprint density at radius 2 is 1.91 bits per heavy atom. The molecular formula is C10H12Cl. The van der Waals surface area contributed by atoms with Crippen LogP contribution in [0.1, 0.15) is 24.8 Å². The second kappa shape index (κ2) is 3.77. The third kappa shape index (κ3) is 2.23. The zero-order valence-electron chi connectivity index (χ0n) is 6.68. The largest absolute Gasteiger partial charge is 0.0843 e. The third-order valence-electron chi connectivity index (χ3n) is 1.83. The van der Waals surface area contributed by atoms with Gasteiger partial charge in [0.15, 0.2) is 0 Å². The van der Waals surface area contributed by atoms with Crippen molar-refractivity contribution in [1.82, 2.24) is 0 Å². The van der Waals surface area contributed by atoms with Gasteiger partial charge in [-0.05, 0) is 37.0 Å². The van der Waals surface area contributed by atoms with Crippen LogP contribution in [0.15, 0.2) is 24.3 Å². The molecule has 1 heteroatoms. The van der Waals surface area contributed by atoms with E-state index in [0.29, 0.717) is 5.92 Å². The lowest BCUT2D eigenvalue weighted by Gasteiger charge is -2.07. The molecule has 0 amide bonds. The minimum absolute atomic E-state index is 0.396. The minimum Gasteiger partial charge on any atom is -0.0843 e. The molecule has 0 saturated carbocycles. The second-order valence-corrected chi connectivity index (χ2v) is 3.09. The maximum atomic E-state index is 5.74. The summed E-state index contributed by atoms with van der Waals surface area (Å²) in [6.07, 6.45) is 1.07. The topological polar surface area (TPSA) is 0 Å². The molecule has 1 aromatic carbocycles. The van der Waals surface area contributed by atoms with Gasteiger partial charge in [-0.3, -0.25) is 0 Å². The van der Waals surface area contributed by atoms with E-state index in [1.807, 2.05) is 24.3 Å². The number of hydrogen-bond acceptors (Lipinski definition) is 0. The van der Waals surface area contributed by atoms with Crippen LogP contribution >= 0.6 is 11.6 Å². The molecule has 0 aliphatic carbocycles. The van der Waals surface area contributed by atoms with Crippen LogP contribution in [0, 0.1) is 6.92 Å². The predicted molar refractivity (Wildman–Crippen MR) is 49.8 cm³/mol. The van der Waals surface area contributed by atoms with Gasteiger partial charge >= 0.3 is 0 Å². The molecule has 0 nitrogen and oxygen atoms in total. The van der Waals surface area contributed by atoms with Crippen molar-refractivity contribution < 1.29 is 0 Å². The lowest BCUT2D eigenvalue weighted by Crippen LogP contribution is -1.89. The summed E-state index contributed by atoms with van der Waals surface area (Å²) in [7, 11) is 0. The number of halogens is 1. The van der Waals surface area contributed by atoms with E-state index >= 15 is 0 Å². The molecule has 1 radical (unpaired) electrons. The van der Waals surface area contributed by atoms with Gasteiger partial charge in [0.05, 0.1) is 0 Å². The quantitative estimate of drug-likeness (QED) is 0.631. The van der Waals surface area contributed by atoms with Crippen LogP contribution in [0.3, 0.4) is 0 Å². The SMILES string of the molecule is [CH2]C(CC)c1ccc(Cl)cc1. The zero-order valence-corrected chi connectivity index (χ0v) is 7.43. The van der Waals surface area contributed by atoms with Crippen molar-refractivity contribution in [2.24, 2.45) is 0 Å². The Labute approximate surface area is 73.2 Å². The Kier molecular flexibility index (Phi) is 2.95. The molecule has 1 aromatic rings. The summed E-state index contributed by atoms with van der Waals surface area (Å²) in [5.41, 5.74) is 1.26. The number of benzene rings is 1. The molecule has 0 heterocycles. The fraction of sp³-hybridized carbons (Fsp3) is 0.300. The summed E-state index contributed by atoms with van der Waals surface area (Å²) in [4.78, 5) is 0. The monoisotopic (exact) mass is 167 g/mol. The van der Waals surface area contributed by atoms with Gasteiger partial charge in [0.25, 0.3) is 0 Å². The van der Waals surface area contributed by atoms with E-state index in [2.05, 4.69) is 13.8 Å². The van der Waals surface area contributed by atoms with Crippen LogP contribution in [0.5, 0.6) is 0 Å². The number of hydrogen-bond donors (Lipinski definition) is 0. The van der Waals surface area contributed by atoms with Gasteiger partial charge in [0.1, 0.15) is 0 Å². The van der Waals surface area contributed by atoms with E-state index in [1.165, 1.54) is 5.56 Å². The van der Waals surface area contributed by atoms with Crippen molar-refractivity contribution in [2.75, 3.05) is 0 Å². The summed E-state index contributed by atoms with van der Waals surface area (Å²) in [5.74, 6) is 0.396. The highest BCUT2D eigenvalue weighted by molar-refractivity contribution is 6.30. The van der Waals surface area contributed by atoms with Gasteiger partial charge in [0.2, 0.25) is 0 Å². The van der Waals surface area contributed by atoms with Crippen molar-refractivity contribution in [2.45, 2.75) is 19.3 Å². The summed E-state index contributed by atoms with van der Waals surface area (Å²) < 4.78 is 0. The van der Waals surface area contributed by atoms with Gasteiger partial charge in [0, 0.05) is 5.02 Å². The minimum atomic E-state index is 0.396. The van der Waals surface area contributed by atoms with Crippen LogP contribution in [0.2, 0.25) is 5.02 Å². The Hall–Kier alpha value is -0.490. The van der Waals surface area contributed by atoms with Crippen molar-refractivity contribution in [3.05, 3.63) is 41.8 Å². The molecule has 1 atom stereocenters. The second-order valence-electron chi connectivity index (χ2n) is 2.66. The van der Waals surface area contributed by atoms with E-state index in [-0.39, 0.29) is 0 Å². The Morgan fingerprint density at radius 3 is 2.36 bits per heavy atom. The Balaban J connectivity index is 2.81. The average Bonchev–Trinajstić information content (AvgIpc) is 2.05. The predicted octanol–water partition coefficient (Wildman–Crippen LogP) is 3.67. The summed E-state index contributed by atoms with van der Waals surface area (Å²) >= 11 is 5.74. The van der Waals surface area contributed by atoms with Gasteiger partial charge < -0.3 is 0 Å². The highest BCUT2D eigenvalue weighted by atomic mass is 35.5. The molecule has 11 heavy (non-hydrogen) atoms. The van der Waals surface area contributed by atoms with Crippen LogP contribution in [-0.2, 0) is 0 Å². The van der Waals surface area contributed by atoms with Crippen molar-refractivity contribution >= 4 is 11.6 Å². The molecular weight excluding hydrogens is 156 g/mol. The van der Waals surface area contributed by atoms with Crippen LogP contribution in [0.25, 0.3) is 0 Å². The molecule has 0 aliphatic rings. The van der Waals surface area contributed by atoms with Crippen LogP contribution < -0.4 is 0 Å². The van der Waals surface area contributed by atoms with Crippen LogP contribution in [-0.4, -0.2) is 0 Å². The van der Waals surface area contributed by atoms with Crippen molar-refractivity contribution in [1.29, 1.82) is 0 Å². The lowest BCUT2D eigenvalue weighted by molar-refractivity contribution is 0.802. The molecule has 1 unspecified atom stereocenters. The molecule has 59 valence electrons. The first-order valence-electron chi connectivity index (χ1n) is 3.82. The fourth-order valence-corrected chi connectivity index (χ4v) is 1.10. The Morgan fingerprint density at radius 1 is 1.36 bits per heavy atom. The molecule has 0 fully saturated rings. The highest BCUT2D eigenvalue weighted by Crippen LogP contribution is 2.19. The van der Waals surface area contributed by atoms with E-state index in [9.17, 15) is 0 Å². The van der Waals surface area contributed by atoms with E-state index in [1.54, 1.807) is 0 Å². The Bertz CT molecular complexity index is 213. The molecule has 0 spiro atoms. The van der Waals surface area contributed by atoms with E-state index in [4.69, 9.17) is 11.6 Å². The van der Waals surface area contributed by atoms with E-state index < -0.39 is 0 Å². The molecule has 0 N–H and O–H groups in total. The summed E-state index contributed by atoms with van der Waals surface area (Å²) in [6, 6.07) is 7.88. The first-order valence-corrected chi connectivity index (χ1v) is 4.20. The number of rotatable bonds is 2. The third-order valence-corrected chi connectivity index (χ3v) is 2.09. The van der Waals surface area contributed by atoms with Crippen molar-refractivity contribution in [3.63, 3.8) is 0 Å². The van der Waals surface area contributed by atoms with Gasteiger partial charge in [-0.25, -0.2) is 0 Å². The van der Waals surface area contributed by atoms with Crippen LogP contribution in [0.4, 0.5) is 0 Å². The van der Waals surface area contributed by atoms with Crippen molar-refractivity contribution in [3.8, 4) is 0 Å². The van der Waals surface area contributed by atoms with E-state index in [0.717, 1.165) is 11.4 Å². The smallest absolute Gasteiger partial charge is 0.0406 e. The van der Waals surface area contributed by atoms with Gasteiger partial charge in [-0.15, -0.1) is 0 Å². The molecule has 0 aromatic heterocycles. The standard InChI is InChI=1S/C10H12Cl/c1-3-8(2)9-4-6-10(11)7-5-9/h4-8H,2-3H2,1H3. The maximum absolute atomic E-state index is 5.74. The molecule has 0 aliphatic heterocycles. The fourth-order valence-electron chi connectivity index (χ4n) is 0.971. The average molecular weight is 168 g/mol. The maximum Gasteiger partial charge on any atom is 0.0406 e. The zero-order chi connectivity index (χ0) is 8.27. The molecule has 1 rings (SSSR count). The van der Waals surface area contributed by atoms with Gasteiger partial charge in [-0.1, -0.05) is 30.7 Å². The summed E-state index contributed by atoms with van der Waals surface area (Å²) in [5, 5.41) is 0.789. The normalized spacial score (nSPS) is 13.0. The molecule has 0 bridgehead atoms. The van der Waals surface area contributed by atoms with Gasteiger partial charge in [-0.2, -0.15) is 0 Å².